The molecule has 3 rings (SSSR count). The summed E-state index contributed by atoms with van der Waals surface area (Å²) in [5, 5.41) is 14.4. The third-order valence-electron chi connectivity index (χ3n) is 2.92. The van der Waals surface area contributed by atoms with Gasteiger partial charge < -0.3 is 5.11 Å². The van der Waals surface area contributed by atoms with E-state index < -0.39 is 0 Å². The second-order valence-electron chi connectivity index (χ2n) is 4.40. The van der Waals surface area contributed by atoms with Crippen LogP contribution in [0.3, 0.4) is 0 Å². The minimum absolute atomic E-state index is 0.132. The molecule has 1 amide bonds. The normalized spacial score (nSPS) is 10.3. The van der Waals surface area contributed by atoms with Gasteiger partial charge in [0.25, 0.3) is 5.91 Å². The summed E-state index contributed by atoms with van der Waals surface area (Å²) in [6, 6.07) is 15.9. The van der Waals surface area contributed by atoms with Crippen molar-refractivity contribution in [1.82, 2.24) is 4.98 Å². The first-order valence-corrected chi connectivity index (χ1v) is 7.22. The fraction of sp³-hybridized carbons (Fsp3) is 0. The molecule has 0 aliphatic carbocycles. The molecule has 104 valence electrons. The third kappa shape index (κ3) is 3.09. The van der Waals surface area contributed by atoms with Gasteiger partial charge in [0, 0.05) is 16.5 Å². The Hall–Kier alpha value is -2.66. The lowest BCUT2D eigenvalue weighted by Crippen LogP contribution is -2.11. The van der Waals surface area contributed by atoms with Crippen LogP contribution in [-0.2, 0) is 0 Å². The van der Waals surface area contributed by atoms with Crippen LogP contribution in [0.25, 0.3) is 11.3 Å². The van der Waals surface area contributed by atoms with E-state index in [0.717, 1.165) is 11.3 Å². The number of thiazole rings is 1. The number of aromatic hydroxyl groups is 1. The zero-order valence-electron chi connectivity index (χ0n) is 11.0. The Morgan fingerprint density at radius 2 is 1.76 bits per heavy atom. The molecule has 0 atom stereocenters. The maximum atomic E-state index is 12.0. The van der Waals surface area contributed by atoms with Gasteiger partial charge in [0.1, 0.15) is 5.75 Å². The van der Waals surface area contributed by atoms with Gasteiger partial charge in [-0.05, 0) is 24.3 Å². The lowest BCUT2D eigenvalue weighted by molar-refractivity contribution is 0.102. The van der Waals surface area contributed by atoms with Crippen molar-refractivity contribution >= 4 is 22.4 Å². The number of benzene rings is 2. The van der Waals surface area contributed by atoms with E-state index in [9.17, 15) is 9.90 Å². The number of phenolic OH excluding ortho intramolecular Hbond substituents is 1. The van der Waals surface area contributed by atoms with Crippen LogP contribution < -0.4 is 5.32 Å². The van der Waals surface area contributed by atoms with Gasteiger partial charge in [-0.1, -0.05) is 30.3 Å². The Balaban J connectivity index is 1.75. The lowest BCUT2D eigenvalue weighted by Gasteiger charge is -2.01. The minimum atomic E-state index is -0.246. The van der Waals surface area contributed by atoms with Crippen molar-refractivity contribution in [3.63, 3.8) is 0 Å². The molecule has 21 heavy (non-hydrogen) atoms. The van der Waals surface area contributed by atoms with E-state index >= 15 is 0 Å². The Labute approximate surface area is 125 Å². The molecule has 0 radical (unpaired) electrons. The molecule has 0 bridgehead atoms. The predicted molar refractivity (Wildman–Crippen MR) is 83.6 cm³/mol. The first-order valence-electron chi connectivity index (χ1n) is 6.34. The predicted octanol–water partition coefficient (Wildman–Crippen LogP) is 3.77. The zero-order chi connectivity index (χ0) is 14.7. The molecule has 4 nitrogen and oxygen atoms in total. The molecule has 0 saturated carbocycles. The number of hydrogen-bond acceptors (Lipinski definition) is 4. The second-order valence-corrected chi connectivity index (χ2v) is 5.26. The van der Waals surface area contributed by atoms with E-state index in [-0.39, 0.29) is 11.7 Å². The highest BCUT2D eigenvalue weighted by Crippen LogP contribution is 2.25. The summed E-state index contributed by atoms with van der Waals surface area (Å²) in [5.41, 5.74) is 2.32. The number of phenols is 1. The van der Waals surface area contributed by atoms with Gasteiger partial charge in [-0.2, -0.15) is 0 Å². The highest BCUT2D eigenvalue weighted by Gasteiger charge is 2.09. The first kappa shape index (κ1) is 13.3. The van der Waals surface area contributed by atoms with E-state index in [4.69, 9.17) is 0 Å². The van der Waals surface area contributed by atoms with E-state index in [1.54, 1.807) is 12.1 Å². The fourth-order valence-corrected chi connectivity index (χ4v) is 2.57. The molecule has 0 saturated heterocycles. The van der Waals surface area contributed by atoms with Gasteiger partial charge in [-0.25, -0.2) is 4.98 Å². The molecule has 1 aromatic heterocycles. The average Bonchev–Trinajstić information content (AvgIpc) is 2.97. The van der Waals surface area contributed by atoms with Gasteiger partial charge >= 0.3 is 0 Å². The summed E-state index contributed by atoms with van der Waals surface area (Å²) in [6.07, 6.45) is 0. The average molecular weight is 296 g/mol. The molecule has 0 spiro atoms. The Kier molecular flexibility index (Phi) is 3.66. The van der Waals surface area contributed by atoms with E-state index in [1.807, 2.05) is 35.7 Å². The van der Waals surface area contributed by atoms with E-state index in [1.165, 1.54) is 23.5 Å². The number of nitrogens with one attached hydrogen (secondary N) is 1. The van der Waals surface area contributed by atoms with Crippen molar-refractivity contribution in [1.29, 1.82) is 0 Å². The summed E-state index contributed by atoms with van der Waals surface area (Å²) in [7, 11) is 0. The van der Waals surface area contributed by atoms with Crippen LogP contribution in [0.1, 0.15) is 10.4 Å². The number of carbonyl (C=O) groups excluding carboxylic acids is 1. The topological polar surface area (TPSA) is 62.2 Å². The third-order valence-corrected chi connectivity index (χ3v) is 3.68. The Bertz CT molecular complexity index is 751. The maximum absolute atomic E-state index is 12.0. The Morgan fingerprint density at radius 3 is 2.48 bits per heavy atom. The second kappa shape index (κ2) is 5.76. The van der Waals surface area contributed by atoms with Gasteiger partial charge in [-0.3, -0.25) is 10.1 Å². The van der Waals surface area contributed by atoms with Crippen molar-refractivity contribution in [3.8, 4) is 17.0 Å². The zero-order valence-corrected chi connectivity index (χ0v) is 11.8. The largest absolute Gasteiger partial charge is 0.508 e. The van der Waals surface area contributed by atoms with Crippen LogP contribution in [-0.4, -0.2) is 16.0 Å². The summed E-state index contributed by atoms with van der Waals surface area (Å²) in [6.45, 7) is 0. The first-order chi connectivity index (χ1) is 10.2. The molecule has 2 N–H and O–H groups in total. The molecule has 0 aliphatic rings. The van der Waals surface area contributed by atoms with Crippen molar-refractivity contribution in [2.75, 3.05) is 5.32 Å². The van der Waals surface area contributed by atoms with Crippen LogP contribution in [0.4, 0.5) is 5.13 Å². The van der Waals surface area contributed by atoms with Gasteiger partial charge in [-0.15, -0.1) is 11.3 Å². The fourth-order valence-electron chi connectivity index (χ4n) is 1.85. The highest BCUT2D eigenvalue weighted by atomic mass is 32.1. The molecule has 0 fully saturated rings. The summed E-state index contributed by atoms with van der Waals surface area (Å²) >= 11 is 1.38. The van der Waals surface area contributed by atoms with Crippen molar-refractivity contribution in [2.24, 2.45) is 0 Å². The molecule has 1 heterocycles. The Morgan fingerprint density at radius 1 is 1.05 bits per heavy atom. The number of nitrogens with zero attached hydrogens (tertiary/aromatic N) is 1. The maximum Gasteiger partial charge on any atom is 0.257 e. The van der Waals surface area contributed by atoms with Crippen LogP contribution in [0.2, 0.25) is 0 Å². The molecular weight excluding hydrogens is 284 g/mol. The standard InChI is InChI=1S/C16H12N2O2S/c19-13-8-6-12(7-9-13)15(20)18-16-17-14(10-21-16)11-4-2-1-3-5-11/h1-10,19H,(H,17,18,20). The summed E-state index contributed by atoms with van der Waals surface area (Å²) in [5.74, 6) is -0.115. The number of aromatic nitrogens is 1. The molecule has 0 unspecified atom stereocenters. The van der Waals surface area contributed by atoms with Gasteiger partial charge in [0.15, 0.2) is 5.13 Å². The van der Waals surface area contributed by atoms with E-state index in [0.29, 0.717) is 10.7 Å². The molecule has 3 aromatic rings. The van der Waals surface area contributed by atoms with E-state index in [2.05, 4.69) is 10.3 Å². The van der Waals surface area contributed by atoms with Crippen molar-refractivity contribution < 1.29 is 9.90 Å². The number of anilines is 1. The number of hydrogen-bond donors (Lipinski definition) is 2. The van der Waals surface area contributed by atoms with Crippen LogP contribution in [0.5, 0.6) is 5.75 Å². The number of carbonyl (C=O) groups is 1. The summed E-state index contributed by atoms with van der Waals surface area (Å²) in [4.78, 5) is 16.4. The smallest absolute Gasteiger partial charge is 0.257 e. The van der Waals surface area contributed by atoms with Crippen LogP contribution in [0.15, 0.2) is 60.0 Å². The quantitative estimate of drug-likeness (QED) is 0.773. The molecule has 2 aromatic carbocycles. The van der Waals surface area contributed by atoms with Crippen LogP contribution >= 0.6 is 11.3 Å². The SMILES string of the molecule is O=C(Nc1nc(-c2ccccc2)cs1)c1ccc(O)cc1. The molecule has 5 heteroatoms. The van der Waals surface area contributed by atoms with Crippen LogP contribution in [0, 0.1) is 0 Å². The van der Waals surface area contributed by atoms with Gasteiger partial charge in [0.2, 0.25) is 0 Å². The van der Waals surface area contributed by atoms with Gasteiger partial charge in [0.05, 0.1) is 5.69 Å². The van der Waals surface area contributed by atoms with Crippen molar-refractivity contribution in [3.05, 3.63) is 65.5 Å². The number of amides is 1. The highest BCUT2D eigenvalue weighted by molar-refractivity contribution is 7.14. The monoisotopic (exact) mass is 296 g/mol. The lowest BCUT2D eigenvalue weighted by atomic mass is 10.2. The molecule has 0 aliphatic heterocycles. The number of rotatable bonds is 3. The minimum Gasteiger partial charge on any atom is -0.508 e. The van der Waals surface area contributed by atoms with Crippen molar-refractivity contribution in [2.45, 2.75) is 0 Å². The molecular formula is C16H12N2O2S. The summed E-state index contributed by atoms with van der Waals surface area (Å²) < 4.78 is 0.